The van der Waals surface area contributed by atoms with E-state index in [1.807, 2.05) is 6.07 Å². The van der Waals surface area contributed by atoms with Crippen LogP contribution in [0.3, 0.4) is 0 Å². The van der Waals surface area contributed by atoms with Crippen LogP contribution in [-0.2, 0) is 17.6 Å². The summed E-state index contributed by atoms with van der Waals surface area (Å²) in [6.07, 6.45) is 7.14. The van der Waals surface area contributed by atoms with Crippen molar-refractivity contribution in [3.63, 3.8) is 0 Å². The first-order valence-corrected chi connectivity index (χ1v) is 10.8. The number of aryl methyl sites for hydroxylation is 1. The molecule has 1 aliphatic rings. The Morgan fingerprint density at radius 3 is 2.86 bits per heavy atom. The smallest absolute Gasteiger partial charge is 0.251 e. The summed E-state index contributed by atoms with van der Waals surface area (Å²) in [4.78, 5) is 29.6. The number of hydrogen-bond acceptors (Lipinski definition) is 8. The summed E-state index contributed by atoms with van der Waals surface area (Å²) >= 11 is 2.60. The zero-order valence-corrected chi connectivity index (χ0v) is 17.1. The summed E-state index contributed by atoms with van der Waals surface area (Å²) in [6, 6.07) is 3.60. The van der Waals surface area contributed by atoms with E-state index in [-0.39, 0.29) is 11.7 Å². The molecule has 0 bridgehead atoms. The molecule has 0 aliphatic heterocycles. The molecule has 3 heterocycles. The molecule has 3 aromatic heterocycles. The molecule has 150 valence electrons. The van der Waals surface area contributed by atoms with E-state index in [0.717, 1.165) is 53.4 Å². The number of primary amides is 1. The van der Waals surface area contributed by atoms with E-state index >= 15 is 0 Å². The molecule has 0 saturated carbocycles. The second-order valence-corrected chi connectivity index (χ2v) is 8.58. The summed E-state index contributed by atoms with van der Waals surface area (Å²) in [5, 5.41) is 11.9. The summed E-state index contributed by atoms with van der Waals surface area (Å²) in [6.45, 7) is 0. The Labute approximate surface area is 174 Å². The van der Waals surface area contributed by atoms with Crippen LogP contribution in [0.5, 0.6) is 0 Å². The first-order chi connectivity index (χ1) is 14.0. The molecule has 1 aliphatic carbocycles. The molecule has 4 rings (SSSR count). The van der Waals surface area contributed by atoms with Crippen LogP contribution in [0.2, 0.25) is 0 Å². The SMILES string of the molecule is NC(=O)c1c(NC(=O)CSc2nnc(-c3cccnc3)n2N)sc2c1CCCC2. The van der Waals surface area contributed by atoms with Crippen molar-refractivity contribution in [2.45, 2.75) is 30.8 Å². The largest absolute Gasteiger partial charge is 0.365 e. The topological polar surface area (TPSA) is 142 Å². The zero-order valence-electron chi connectivity index (χ0n) is 15.4. The number of anilines is 1. The lowest BCUT2D eigenvalue weighted by molar-refractivity contribution is -0.113. The number of carbonyl (C=O) groups is 2. The van der Waals surface area contributed by atoms with Crippen LogP contribution >= 0.6 is 23.1 Å². The highest BCUT2D eigenvalue weighted by Crippen LogP contribution is 2.38. The molecule has 9 nitrogen and oxygen atoms in total. The number of thioether (sulfide) groups is 1. The number of nitrogen functional groups attached to an aromatic ring is 1. The van der Waals surface area contributed by atoms with Crippen LogP contribution in [0.15, 0.2) is 29.7 Å². The van der Waals surface area contributed by atoms with Crippen LogP contribution in [0.4, 0.5) is 5.00 Å². The predicted octanol–water partition coefficient (Wildman–Crippen LogP) is 1.82. The normalized spacial score (nSPS) is 13.1. The number of amides is 2. The third-order valence-corrected chi connectivity index (χ3v) is 6.74. The Bertz CT molecular complexity index is 1060. The van der Waals surface area contributed by atoms with Crippen molar-refractivity contribution in [2.75, 3.05) is 16.9 Å². The third kappa shape index (κ3) is 3.96. The van der Waals surface area contributed by atoms with Gasteiger partial charge in [-0.2, -0.15) is 0 Å². The van der Waals surface area contributed by atoms with Gasteiger partial charge in [0.15, 0.2) is 5.82 Å². The molecular weight excluding hydrogens is 410 g/mol. The second-order valence-electron chi connectivity index (χ2n) is 6.53. The molecule has 2 amide bonds. The van der Waals surface area contributed by atoms with Crippen LogP contribution in [0, 0.1) is 0 Å². The molecule has 0 fully saturated rings. The van der Waals surface area contributed by atoms with Gasteiger partial charge in [0.05, 0.1) is 11.3 Å². The lowest BCUT2D eigenvalue weighted by atomic mass is 9.95. The Hall–Kier alpha value is -2.92. The number of hydrogen-bond donors (Lipinski definition) is 3. The van der Waals surface area contributed by atoms with E-state index in [4.69, 9.17) is 11.6 Å². The summed E-state index contributed by atoms with van der Waals surface area (Å²) in [5.74, 6) is 5.82. The van der Waals surface area contributed by atoms with Crippen LogP contribution in [0.1, 0.15) is 33.6 Å². The Morgan fingerprint density at radius 2 is 2.10 bits per heavy atom. The van der Waals surface area contributed by atoms with Gasteiger partial charge in [-0.15, -0.1) is 21.5 Å². The van der Waals surface area contributed by atoms with Gasteiger partial charge in [-0.05, 0) is 43.4 Å². The van der Waals surface area contributed by atoms with Crippen molar-refractivity contribution in [3.8, 4) is 11.4 Å². The maximum absolute atomic E-state index is 12.5. The van der Waals surface area contributed by atoms with Gasteiger partial charge >= 0.3 is 0 Å². The fourth-order valence-corrected chi connectivity index (χ4v) is 5.24. The van der Waals surface area contributed by atoms with E-state index in [1.165, 1.54) is 16.0 Å². The van der Waals surface area contributed by atoms with Gasteiger partial charge < -0.3 is 16.9 Å². The van der Waals surface area contributed by atoms with Crippen LogP contribution in [-0.4, -0.2) is 37.4 Å². The van der Waals surface area contributed by atoms with E-state index in [2.05, 4.69) is 20.5 Å². The van der Waals surface area contributed by atoms with Crippen molar-refractivity contribution in [1.29, 1.82) is 0 Å². The number of fused-ring (bicyclic) bond motifs is 1. The molecule has 0 unspecified atom stereocenters. The molecule has 0 aromatic carbocycles. The summed E-state index contributed by atoms with van der Waals surface area (Å²) in [7, 11) is 0. The number of carbonyl (C=O) groups excluding carboxylic acids is 2. The number of aromatic nitrogens is 4. The molecule has 11 heteroatoms. The van der Waals surface area contributed by atoms with E-state index < -0.39 is 5.91 Å². The first-order valence-electron chi connectivity index (χ1n) is 9.02. The number of thiophene rings is 1. The van der Waals surface area contributed by atoms with Crippen LogP contribution in [0.25, 0.3) is 11.4 Å². The Morgan fingerprint density at radius 1 is 1.28 bits per heavy atom. The highest BCUT2D eigenvalue weighted by Gasteiger charge is 2.25. The molecular formula is C18H19N7O2S2. The summed E-state index contributed by atoms with van der Waals surface area (Å²) in [5.41, 5.74) is 7.73. The van der Waals surface area contributed by atoms with Gasteiger partial charge in [0, 0.05) is 22.8 Å². The van der Waals surface area contributed by atoms with Gasteiger partial charge in [-0.3, -0.25) is 14.6 Å². The van der Waals surface area contributed by atoms with Crippen molar-refractivity contribution >= 4 is 39.9 Å². The number of rotatable bonds is 6. The Balaban J connectivity index is 1.45. The highest BCUT2D eigenvalue weighted by molar-refractivity contribution is 7.99. The maximum Gasteiger partial charge on any atom is 0.251 e. The van der Waals surface area contributed by atoms with E-state index in [9.17, 15) is 9.59 Å². The van der Waals surface area contributed by atoms with Gasteiger partial charge in [-0.1, -0.05) is 11.8 Å². The number of nitrogens with zero attached hydrogens (tertiary/aromatic N) is 4. The Kier molecular flexibility index (Phi) is 5.49. The van der Waals surface area contributed by atoms with E-state index in [0.29, 0.717) is 21.5 Å². The quantitative estimate of drug-likeness (QED) is 0.401. The average molecular weight is 430 g/mol. The fourth-order valence-electron chi connectivity index (χ4n) is 3.27. The van der Waals surface area contributed by atoms with Crippen molar-refractivity contribution in [3.05, 3.63) is 40.5 Å². The zero-order chi connectivity index (χ0) is 20.4. The molecule has 29 heavy (non-hydrogen) atoms. The molecule has 0 spiro atoms. The fraction of sp³-hybridized carbons (Fsp3) is 0.278. The lowest BCUT2D eigenvalue weighted by Gasteiger charge is -2.11. The minimum absolute atomic E-state index is 0.0726. The average Bonchev–Trinajstić information content (AvgIpc) is 3.27. The van der Waals surface area contributed by atoms with E-state index in [1.54, 1.807) is 18.5 Å². The third-order valence-electron chi connectivity index (χ3n) is 4.59. The minimum Gasteiger partial charge on any atom is -0.365 e. The van der Waals surface area contributed by atoms with Gasteiger partial charge in [0.2, 0.25) is 11.1 Å². The first kappa shape index (κ1) is 19.4. The van der Waals surface area contributed by atoms with Crippen molar-refractivity contribution in [2.24, 2.45) is 5.73 Å². The van der Waals surface area contributed by atoms with Crippen molar-refractivity contribution < 1.29 is 9.59 Å². The minimum atomic E-state index is -0.504. The molecule has 0 radical (unpaired) electrons. The van der Waals surface area contributed by atoms with Gasteiger partial charge in [-0.25, -0.2) is 4.68 Å². The molecule has 0 saturated heterocycles. The molecule has 5 N–H and O–H groups in total. The van der Waals surface area contributed by atoms with Crippen LogP contribution < -0.4 is 16.9 Å². The standard InChI is InChI=1S/C18H19N7O2S2/c19-15(27)14-11-5-1-2-6-12(11)29-17(14)22-13(26)9-28-18-24-23-16(25(18)20)10-4-3-7-21-8-10/h3-4,7-8H,1-2,5-6,9,20H2,(H2,19,27)(H,22,26). The predicted molar refractivity (Wildman–Crippen MR) is 112 cm³/mol. The van der Waals surface area contributed by atoms with Gasteiger partial charge in [0.1, 0.15) is 5.00 Å². The maximum atomic E-state index is 12.5. The number of pyridine rings is 1. The summed E-state index contributed by atoms with van der Waals surface area (Å²) < 4.78 is 1.33. The molecule has 0 atom stereocenters. The monoisotopic (exact) mass is 429 g/mol. The number of nitrogens with one attached hydrogen (secondary N) is 1. The van der Waals surface area contributed by atoms with Crippen molar-refractivity contribution in [1.82, 2.24) is 19.9 Å². The highest BCUT2D eigenvalue weighted by atomic mass is 32.2. The molecule has 3 aromatic rings. The number of nitrogens with two attached hydrogens (primary N) is 2. The lowest BCUT2D eigenvalue weighted by Crippen LogP contribution is -2.20. The second kappa shape index (κ2) is 8.21. The van der Waals surface area contributed by atoms with Gasteiger partial charge in [0.25, 0.3) is 5.91 Å².